The Morgan fingerprint density at radius 1 is 1.15 bits per heavy atom. The van der Waals surface area contributed by atoms with Gasteiger partial charge in [0.15, 0.2) is 5.76 Å². The third-order valence-electron chi connectivity index (χ3n) is 6.11. The third kappa shape index (κ3) is 4.56. The molecule has 1 aliphatic rings. The number of thiophene rings is 1. The highest BCUT2D eigenvalue weighted by Crippen LogP contribution is 2.44. The lowest BCUT2D eigenvalue weighted by Gasteiger charge is -2.24. The zero-order valence-corrected chi connectivity index (χ0v) is 20.1. The monoisotopic (exact) mass is 473 g/mol. The van der Waals surface area contributed by atoms with Gasteiger partial charge in [-0.1, -0.05) is 12.1 Å². The predicted molar refractivity (Wildman–Crippen MR) is 135 cm³/mol. The van der Waals surface area contributed by atoms with E-state index in [1.54, 1.807) is 30.6 Å². The predicted octanol–water partition coefficient (Wildman–Crippen LogP) is 6.39. The number of furan rings is 1. The van der Waals surface area contributed by atoms with Crippen LogP contribution in [-0.2, 0) is 12.8 Å². The maximum absolute atomic E-state index is 13.0. The fourth-order valence-electron chi connectivity index (χ4n) is 4.47. The van der Waals surface area contributed by atoms with Crippen LogP contribution in [-0.4, -0.2) is 18.0 Å². The second-order valence-corrected chi connectivity index (χ2v) is 9.56. The largest absolute Gasteiger partial charge is 0.497 e. The number of aromatic nitrogens is 1. The zero-order valence-electron chi connectivity index (χ0n) is 19.3. The topological polar surface area (TPSA) is 76.4 Å². The molecule has 34 heavy (non-hydrogen) atoms. The highest BCUT2D eigenvalue weighted by Gasteiger charge is 2.29. The van der Waals surface area contributed by atoms with Gasteiger partial charge in [-0.05, 0) is 85.7 Å². The first-order valence-electron chi connectivity index (χ1n) is 11.4. The summed E-state index contributed by atoms with van der Waals surface area (Å²) in [6.45, 7) is 2.05. The molecule has 0 saturated carbocycles. The molecule has 1 atom stereocenters. The van der Waals surface area contributed by atoms with Crippen molar-refractivity contribution in [3.8, 4) is 5.75 Å². The summed E-state index contributed by atoms with van der Waals surface area (Å²) in [7, 11) is 1.67. The number of methoxy groups -OCH3 is 1. The van der Waals surface area contributed by atoms with Crippen LogP contribution in [0.15, 0.2) is 65.4 Å². The van der Waals surface area contributed by atoms with Gasteiger partial charge in [-0.25, -0.2) is 4.98 Å². The minimum Gasteiger partial charge on any atom is -0.497 e. The summed E-state index contributed by atoms with van der Waals surface area (Å²) >= 11 is 1.67. The van der Waals surface area contributed by atoms with Crippen LogP contribution in [0.3, 0.4) is 0 Å². The fourth-order valence-corrected chi connectivity index (χ4v) is 5.79. The quantitative estimate of drug-likeness (QED) is 0.325. The van der Waals surface area contributed by atoms with Crippen LogP contribution in [0.2, 0.25) is 0 Å². The van der Waals surface area contributed by atoms with E-state index in [2.05, 4.69) is 28.6 Å². The van der Waals surface area contributed by atoms with Gasteiger partial charge in [0.2, 0.25) is 0 Å². The maximum atomic E-state index is 13.0. The average molecular weight is 474 g/mol. The SMILES string of the molecule is COc1cccc(C(Nc2cc(C)ccn2)c2c(NC(=O)c3ccco3)sc3c2CCCC3)c1. The number of aryl methyl sites for hydroxylation is 2. The number of hydrogen-bond acceptors (Lipinski definition) is 6. The Kier molecular flexibility index (Phi) is 6.36. The van der Waals surface area contributed by atoms with E-state index in [4.69, 9.17) is 9.15 Å². The molecule has 0 fully saturated rings. The molecule has 0 radical (unpaired) electrons. The Bertz CT molecular complexity index is 1300. The van der Waals surface area contributed by atoms with Crippen LogP contribution in [0.4, 0.5) is 10.8 Å². The molecule has 0 aliphatic heterocycles. The molecule has 174 valence electrons. The van der Waals surface area contributed by atoms with Gasteiger partial charge in [0.1, 0.15) is 16.6 Å². The molecule has 3 aromatic heterocycles. The lowest BCUT2D eigenvalue weighted by molar-refractivity contribution is 0.0997. The Balaban J connectivity index is 1.63. The highest BCUT2D eigenvalue weighted by molar-refractivity contribution is 7.16. The van der Waals surface area contributed by atoms with E-state index in [0.29, 0.717) is 5.76 Å². The van der Waals surface area contributed by atoms with Crippen molar-refractivity contribution < 1.29 is 13.9 Å². The minimum absolute atomic E-state index is 0.214. The van der Waals surface area contributed by atoms with Crippen molar-refractivity contribution in [1.82, 2.24) is 4.98 Å². The van der Waals surface area contributed by atoms with E-state index in [0.717, 1.165) is 58.9 Å². The molecule has 1 aliphatic carbocycles. The highest BCUT2D eigenvalue weighted by atomic mass is 32.1. The molecule has 0 spiro atoms. The summed E-state index contributed by atoms with van der Waals surface area (Å²) < 4.78 is 10.9. The summed E-state index contributed by atoms with van der Waals surface area (Å²) in [5.74, 6) is 1.62. The molecule has 5 rings (SSSR count). The Hall–Kier alpha value is -3.58. The van der Waals surface area contributed by atoms with Crippen molar-refractivity contribution in [3.63, 3.8) is 0 Å². The van der Waals surface area contributed by atoms with Crippen LogP contribution in [0, 0.1) is 6.92 Å². The van der Waals surface area contributed by atoms with Crippen LogP contribution >= 0.6 is 11.3 Å². The number of rotatable bonds is 7. The van der Waals surface area contributed by atoms with Crippen molar-refractivity contribution in [1.29, 1.82) is 0 Å². The molecule has 6 nitrogen and oxygen atoms in total. The number of fused-ring (bicyclic) bond motifs is 1. The van der Waals surface area contributed by atoms with Gasteiger partial charge in [-0.15, -0.1) is 11.3 Å². The molecule has 4 aromatic rings. The Morgan fingerprint density at radius 2 is 2.03 bits per heavy atom. The van der Waals surface area contributed by atoms with Gasteiger partial charge in [-0.2, -0.15) is 0 Å². The number of amides is 1. The zero-order chi connectivity index (χ0) is 23.5. The summed E-state index contributed by atoms with van der Waals surface area (Å²) in [5, 5.41) is 7.64. The number of carbonyl (C=O) groups is 1. The van der Waals surface area contributed by atoms with Gasteiger partial charge < -0.3 is 19.8 Å². The number of nitrogens with one attached hydrogen (secondary N) is 2. The Morgan fingerprint density at radius 3 is 2.82 bits per heavy atom. The Labute approximate surface area is 203 Å². The van der Waals surface area contributed by atoms with E-state index in [9.17, 15) is 4.79 Å². The standard InChI is InChI=1S/C27H27N3O3S/c1-17-12-13-28-23(15-17)29-25(18-7-5-8-19(16-18)32-2)24-20-9-3-4-11-22(20)34-27(24)30-26(31)21-10-6-14-33-21/h5-8,10,12-16,25H,3-4,9,11H2,1-2H3,(H,28,29)(H,30,31). The van der Waals surface area contributed by atoms with Crippen molar-refractivity contribution in [2.75, 3.05) is 17.7 Å². The number of ether oxygens (including phenoxy) is 1. The molecular formula is C27H27N3O3S. The molecule has 0 saturated heterocycles. The van der Waals surface area contributed by atoms with E-state index in [1.165, 1.54) is 16.7 Å². The van der Waals surface area contributed by atoms with Crippen LogP contribution in [0.25, 0.3) is 0 Å². The van der Waals surface area contributed by atoms with Crippen molar-refractivity contribution in [3.05, 3.63) is 93.9 Å². The van der Waals surface area contributed by atoms with Gasteiger partial charge in [0.25, 0.3) is 5.91 Å². The van der Waals surface area contributed by atoms with Crippen LogP contribution < -0.4 is 15.4 Å². The first kappa shape index (κ1) is 22.2. The lowest BCUT2D eigenvalue weighted by atomic mass is 9.89. The molecule has 2 N–H and O–H groups in total. The molecule has 1 unspecified atom stereocenters. The molecule has 1 amide bonds. The van der Waals surface area contributed by atoms with Gasteiger partial charge in [-0.3, -0.25) is 4.79 Å². The van der Waals surface area contributed by atoms with Crippen LogP contribution in [0.5, 0.6) is 5.75 Å². The van der Waals surface area contributed by atoms with Gasteiger partial charge >= 0.3 is 0 Å². The summed E-state index contributed by atoms with van der Waals surface area (Å²) in [4.78, 5) is 18.8. The smallest absolute Gasteiger partial charge is 0.291 e. The first-order chi connectivity index (χ1) is 16.6. The van der Waals surface area contributed by atoms with E-state index >= 15 is 0 Å². The summed E-state index contributed by atoms with van der Waals surface area (Å²) in [5.41, 5.74) is 4.58. The minimum atomic E-state index is -0.247. The normalized spacial score (nSPS) is 13.7. The molecule has 3 heterocycles. The molecule has 0 bridgehead atoms. The van der Waals surface area contributed by atoms with Crippen LogP contribution in [0.1, 0.15) is 56.6 Å². The summed E-state index contributed by atoms with van der Waals surface area (Å²) in [6, 6.07) is 15.3. The van der Waals surface area contributed by atoms with Crippen molar-refractivity contribution in [2.24, 2.45) is 0 Å². The van der Waals surface area contributed by atoms with Gasteiger partial charge in [0.05, 0.1) is 19.4 Å². The number of carbonyl (C=O) groups excluding carboxylic acids is 1. The first-order valence-corrected chi connectivity index (χ1v) is 12.3. The van der Waals surface area contributed by atoms with E-state index < -0.39 is 0 Å². The lowest BCUT2D eigenvalue weighted by Crippen LogP contribution is -2.19. The summed E-state index contributed by atoms with van der Waals surface area (Å²) in [6.07, 6.45) is 7.63. The second-order valence-electron chi connectivity index (χ2n) is 8.46. The molecule has 1 aromatic carbocycles. The second kappa shape index (κ2) is 9.73. The van der Waals surface area contributed by atoms with Crippen molar-refractivity contribution in [2.45, 2.75) is 38.6 Å². The number of hydrogen-bond donors (Lipinski definition) is 2. The number of nitrogens with zero attached hydrogens (tertiary/aromatic N) is 1. The molecular weight excluding hydrogens is 446 g/mol. The fraction of sp³-hybridized carbons (Fsp3) is 0.259. The van der Waals surface area contributed by atoms with E-state index in [-0.39, 0.29) is 11.9 Å². The number of pyridine rings is 1. The van der Waals surface area contributed by atoms with E-state index in [1.807, 2.05) is 36.5 Å². The van der Waals surface area contributed by atoms with Gasteiger partial charge in [0, 0.05) is 16.6 Å². The molecule has 7 heteroatoms. The average Bonchev–Trinajstić information content (AvgIpc) is 3.51. The third-order valence-corrected chi connectivity index (χ3v) is 7.33. The maximum Gasteiger partial charge on any atom is 0.291 e. The number of benzene rings is 1. The van der Waals surface area contributed by atoms with Crippen molar-refractivity contribution >= 4 is 28.1 Å². The number of anilines is 2.